The van der Waals surface area contributed by atoms with Crippen LogP contribution in [0.15, 0.2) is 24.3 Å². The summed E-state index contributed by atoms with van der Waals surface area (Å²) in [4.78, 5) is 25.8. The lowest BCUT2D eigenvalue weighted by Gasteiger charge is -2.20. The van der Waals surface area contributed by atoms with Crippen LogP contribution in [0.3, 0.4) is 0 Å². The minimum Gasteiger partial charge on any atom is -0.342 e. The molecule has 1 aromatic rings. The largest absolute Gasteiger partial charge is 0.342 e. The first-order valence-corrected chi connectivity index (χ1v) is 8.94. The first-order valence-electron chi connectivity index (χ1n) is 7.78. The Morgan fingerprint density at radius 2 is 2.00 bits per heavy atom. The van der Waals surface area contributed by atoms with Gasteiger partial charge in [0.25, 0.3) is 0 Å². The Bertz CT molecular complexity index is 491. The molecule has 0 aliphatic carbocycles. The number of benzene rings is 1. The van der Waals surface area contributed by atoms with Crippen molar-refractivity contribution >= 4 is 29.3 Å². The van der Waals surface area contributed by atoms with Crippen molar-refractivity contribution in [3.05, 3.63) is 29.8 Å². The van der Waals surface area contributed by atoms with Gasteiger partial charge in [0.05, 0.1) is 11.5 Å². The van der Waals surface area contributed by atoms with Crippen LogP contribution < -0.4 is 5.32 Å². The molecule has 0 atom stereocenters. The number of carbonyl (C=O) groups is 2. The summed E-state index contributed by atoms with van der Waals surface area (Å²) >= 11 is 1.37. The highest BCUT2D eigenvalue weighted by Crippen LogP contribution is 2.11. The van der Waals surface area contributed by atoms with E-state index in [0.717, 1.165) is 37.2 Å². The molecular formula is C17H26N2O2S. The van der Waals surface area contributed by atoms with Crippen LogP contribution in [0.4, 0.5) is 5.69 Å². The second kappa shape index (κ2) is 10.3. The lowest BCUT2D eigenvalue weighted by Crippen LogP contribution is -2.33. The molecular weight excluding hydrogens is 296 g/mol. The molecule has 1 N–H and O–H groups in total. The van der Waals surface area contributed by atoms with Gasteiger partial charge in [-0.15, -0.1) is 11.8 Å². The maximum atomic E-state index is 12.0. The lowest BCUT2D eigenvalue weighted by atomic mass is 10.2. The normalized spacial score (nSPS) is 10.3. The third kappa shape index (κ3) is 6.98. The van der Waals surface area contributed by atoms with E-state index in [2.05, 4.69) is 12.2 Å². The van der Waals surface area contributed by atoms with E-state index in [1.54, 1.807) is 0 Å². The average molecular weight is 322 g/mol. The summed E-state index contributed by atoms with van der Waals surface area (Å²) in [5.74, 6) is 0.702. The minimum atomic E-state index is -0.0694. The molecule has 0 spiro atoms. The molecule has 22 heavy (non-hydrogen) atoms. The molecule has 0 aliphatic heterocycles. The Morgan fingerprint density at radius 1 is 1.23 bits per heavy atom. The van der Waals surface area contributed by atoms with Crippen molar-refractivity contribution in [3.63, 3.8) is 0 Å². The Morgan fingerprint density at radius 3 is 2.64 bits per heavy atom. The number of unbranched alkanes of at least 4 members (excludes halogenated alkanes) is 1. The van der Waals surface area contributed by atoms with Gasteiger partial charge in [-0.25, -0.2) is 0 Å². The van der Waals surface area contributed by atoms with E-state index < -0.39 is 0 Å². The molecule has 2 amide bonds. The molecule has 0 aromatic heterocycles. The van der Waals surface area contributed by atoms with Crippen LogP contribution in [0.1, 0.15) is 32.3 Å². The third-order valence-corrected chi connectivity index (χ3v) is 4.19. The van der Waals surface area contributed by atoms with Gasteiger partial charge in [-0.3, -0.25) is 9.59 Å². The highest BCUT2D eigenvalue weighted by Gasteiger charge is 2.12. The van der Waals surface area contributed by atoms with Crippen molar-refractivity contribution in [1.29, 1.82) is 0 Å². The number of carbonyl (C=O) groups excluding carboxylic acids is 2. The number of anilines is 1. The minimum absolute atomic E-state index is 0.0694. The van der Waals surface area contributed by atoms with Gasteiger partial charge >= 0.3 is 0 Å². The van der Waals surface area contributed by atoms with Gasteiger partial charge in [-0.1, -0.05) is 25.5 Å². The van der Waals surface area contributed by atoms with Gasteiger partial charge in [-0.2, -0.15) is 0 Å². The topological polar surface area (TPSA) is 49.4 Å². The van der Waals surface area contributed by atoms with Crippen molar-refractivity contribution in [2.45, 2.75) is 33.6 Å². The zero-order chi connectivity index (χ0) is 16.4. The highest BCUT2D eigenvalue weighted by atomic mass is 32.2. The fraction of sp³-hybridized carbons (Fsp3) is 0.529. The molecule has 4 nitrogen and oxygen atoms in total. The van der Waals surface area contributed by atoms with Crippen molar-refractivity contribution in [2.75, 3.05) is 29.9 Å². The van der Waals surface area contributed by atoms with Gasteiger partial charge in [0, 0.05) is 18.8 Å². The lowest BCUT2D eigenvalue weighted by molar-refractivity contribution is -0.128. The predicted molar refractivity (Wildman–Crippen MR) is 94.3 cm³/mol. The molecule has 0 saturated heterocycles. The molecule has 5 heteroatoms. The number of nitrogens with one attached hydrogen (secondary N) is 1. The Balaban J connectivity index is 2.30. The van der Waals surface area contributed by atoms with Crippen LogP contribution in [-0.2, 0) is 9.59 Å². The molecule has 0 unspecified atom stereocenters. The summed E-state index contributed by atoms with van der Waals surface area (Å²) in [5, 5.41) is 2.85. The Hall–Kier alpha value is -1.49. The van der Waals surface area contributed by atoms with E-state index in [1.807, 2.05) is 43.0 Å². The summed E-state index contributed by atoms with van der Waals surface area (Å²) < 4.78 is 0. The zero-order valence-electron chi connectivity index (χ0n) is 13.7. The molecule has 0 saturated carbocycles. The second-order valence-corrected chi connectivity index (χ2v) is 6.22. The SMILES string of the molecule is CCCCN(CC)C(=O)CSCC(=O)Nc1cccc(C)c1. The van der Waals surface area contributed by atoms with Crippen molar-refractivity contribution in [1.82, 2.24) is 4.90 Å². The summed E-state index contributed by atoms with van der Waals surface area (Å²) in [6, 6.07) is 7.69. The summed E-state index contributed by atoms with van der Waals surface area (Å²) in [6.45, 7) is 7.63. The Labute approximate surface area is 137 Å². The third-order valence-electron chi connectivity index (χ3n) is 3.28. The standard InChI is InChI=1S/C17H26N2O2S/c1-4-6-10-19(5-2)17(21)13-22-12-16(20)18-15-9-7-8-14(3)11-15/h7-9,11H,4-6,10,12-13H2,1-3H3,(H,18,20). The van der Waals surface area contributed by atoms with Gasteiger partial charge in [-0.05, 0) is 38.0 Å². The molecule has 122 valence electrons. The number of thioether (sulfide) groups is 1. The van der Waals surface area contributed by atoms with Crippen LogP contribution in [0.25, 0.3) is 0 Å². The van der Waals surface area contributed by atoms with Crippen LogP contribution in [0, 0.1) is 6.92 Å². The quantitative estimate of drug-likeness (QED) is 0.759. The molecule has 0 aliphatic rings. The summed E-state index contributed by atoms with van der Waals surface area (Å²) in [5.41, 5.74) is 1.91. The van der Waals surface area contributed by atoms with Crippen molar-refractivity contribution in [3.8, 4) is 0 Å². The van der Waals surface area contributed by atoms with Crippen LogP contribution >= 0.6 is 11.8 Å². The van der Waals surface area contributed by atoms with E-state index in [4.69, 9.17) is 0 Å². The molecule has 1 aromatic carbocycles. The molecule has 0 heterocycles. The maximum absolute atomic E-state index is 12.0. The number of rotatable bonds is 9. The van der Waals surface area contributed by atoms with E-state index >= 15 is 0 Å². The maximum Gasteiger partial charge on any atom is 0.234 e. The van der Waals surface area contributed by atoms with E-state index in [1.165, 1.54) is 11.8 Å². The van der Waals surface area contributed by atoms with Crippen LogP contribution in [-0.4, -0.2) is 41.3 Å². The average Bonchev–Trinajstić information content (AvgIpc) is 2.48. The number of hydrogen-bond acceptors (Lipinski definition) is 3. The van der Waals surface area contributed by atoms with E-state index in [0.29, 0.717) is 11.5 Å². The fourth-order valence-corrected chi connectivity index (χ4v) is 2.77. The predicted octanol–water partition coefficient (Wildman–Crippen LogP) is 3.32. The van der Waals surface area contributed by atoms with Gasteiger partial charge in [0.1, 0.15) is 0 Å². The second-order valence-electron chi connectivity index (χ2n) is 5.24. The smallest absolute Gasteiger partial charge is 0.234 e. The number of amides is 2. The monoisotopic (exact) mass is 322 g/mol. The number of nitrogens with zero attached hydrogens (tertiary/aromatic N) is 1. The van der Waals surface area contributed by atoms with Gasteiger partial charge in [0.15, 0.2) is 0 Å². The Kier molecular flexibility index (Phi) is 8.67. The number of hydrogen-bond donors (Lipinski definition) is 1. The summed E-state index contributed by atoms with van der Waals surface area (Å²) in [7, 11) is 0. The van der Waals surface area contributed by atoms with Crippen LogP contribution in [0.5, 0.6) is 0 Å². The zero-order valence-corrected chi connectivity index (χ0v) is 14.5. The molecule has 0 radical (unpaired) electrons. The van der Waals surface area contributed by atoms with E-state index in [-0.39, 0.29) is 11.8 Å². The van der Waals surface area contributed by atoms with E-state index in [9.17, 15) is 9.59 Å². The summed E-state index contributed by atoms with van der Waals surface area (Å²) in [6.07, 6.45) is 2.11. The molecule has 0 bridgehead atoms. The van der Waals surface area contributed by atoms with Crippen molar-refractivity contribution in [2.24, 2.45) is 0 Å². The van der Waals surface area contributed by atoms with Crippen molar-refractivity contribution < 1.29 is 9.59 Å². The molecule has 1 rings (SSSR count). The first kappa shape index (κ1) is 18.6. The number of aryl methyl sites for hydroxylation is 1. The molecule has 0 fully saturated rings. The van der Waals surface area contributed by atoms with Crippen LogP contribution in [0.2, 0.25) is 0 Å². The van der Waals surface area contributed by atoms with Gasteiger partial charge in [0.2, 0.25) is 11.8 Å². The fourth-order valence-electron chi connectivity index (χ4n) is 2.05. The first-order chi connectivity index (χ1) is 10.6. The highest BCUT2D eigenvalue weighted by molar-refractivity contribution is 8.00. The van der Waals surface area contributed by atoms with Gasteiger partial charge < -0.3 is 10.2 Å².